The van der Waals surface area contributed by atoms with Crippen molar-refractivity contribution in [2.75, 3.05) is 37.7 Å². The molecule has 128 valence electrons. The van der Waals surface area contributed by atoms with E-state index in [1.807, 2.05) is 12.1 Å². The highest BCUT2D eigenvalue weighted by atomic mass is 32.2. The predicted octanol–water partition coefficient (Wildman–Crippen LogP) is 3.94. The maximum absolute atomic E-state index is 12.9. The second kappa shape index (κ2) is 7.46. The van der Waals surface area contributed by atoms with Crippen LogP contribution >= 0.6 is 23.1 Å². The van der Waals surface area contributed by atoms with Gasteiger partial charge in [-0.3, -0.25) is 9.69 Å². The van der Waals surface area contributed by atoms with Gasteiger partial charge in [-0.2, -0.15) is 11.8 Å². The molecule has 2 aliphatic rings. The van der Waals surface area contributed by atoms with Gasteiger partial charge in [-0.25, -0.2) is 0 Å². The fourth-order valence-electron chi connectivity index (χ4n) is 3.80. The molecule has 5 heteroatoms. The highest BCUT2D eigenvalue weighted by molar-refractivity contribution is 7.99. The van der Waals surface area contributed by atoms with Gasteiger partial charge in [0.2, 0.25) is 0 Å². The summed E-state index contributed by atoms with van der Waals surface area (Å²) < 4.78 is 1.21. The van der Waals surface area contributed by atoms with E-state index >= 15 is 0 Å². The molecule has 0 aliphatic carbocycles. The minimum Gasteiger partial charge on any atom is -0.337 e. The largest absolute Gasteiger partial charge is 0.337 e. The molecule has 0 saturated carbocycles. The fraction of sp³-hybridized carbons (Fsp3) is 0.526. The summed E-state index contributed by atoms with van der Waals surface area (Å²) in [7, 11) is 0. The molecule has 1 aromatic heterocycles. The molecule has 0 N–H and O–H groups in total. The molecule has 2 fully saturated rings. The summed E-state index contributed by atoms with van der Waals surface area (Å²) in [4.78, 5) is 18.5. The van der Waals surface area contributed by atoms with E-state index in [2.05, 4.69) is 39.8 Å². The molecular weight excluding hydrogens is 336 g/mol. The number of benzene rings is 1. The van der Waals surface area contributed by atoms with Crippen LogP contribution in [0.15, 0.2) is 30.3 Å². The molecule has 0 radical (unpaired) electrons. The number of thiophene rings is 1. The van der Waals surface area contributed by atoms with Gasteiger partial charge in [0.15, 0.2) is 0 Å². The third-order valence-corrected chi connectivity index (χ3v) is 7.31. The van der Waals surface area contributed by atoms with E-state index in [1.54, 1.807) is 11.3 Å². The molecule has 2 aliphatic heterocycles. The predicted molar refractivity (Wildman–Crippen MR) is 104 cm³/mol. The van der Waals surface area contributed by atoms with Crippen molar-refractivity contribution in [3.63, 3.8) is 0 Å². The first-order valence-electron chi connectivity index (χ1n) is 8.91. The van der Waals surface area contributed by atoms with Gasteiger partial charge in [-0.1, -0.05) is 18.2 Å². The lowest BCUT2D eigenvalue weighted by Crippen LogP contribution is -2.41. The molecule has 3 nitrogen and oxygen atoms in total. The highest BCUT2D eigenvalue weighted by Crippen LogP contribution is 2.27. The average molecular weight is 361 g/mol. The molecule has 1 aromatic carbocycles. The standard InChI is InChI=1S/C19H24N2OS2/c22-19(18-14-15-4-1-2-5-17(15)24-18)21-9-3-8-20(10-11-21)16-6-12-23-13-7-16/h1-2,4-5,14,16H,3,6-13H2. The van der Waals surface area contributed by atoms with Crippen LogP contribution in [0.2, 0.25) is 0 Å². The van der Waals surface area contributed by atoms with Crippen molar-refractivity contribution in [1.82, 2.24) is 9.80 Å². The molecular formula is C19H24N2OS2. The zero-order chi connectivity index (χ0) is 16.4. The Morgan fingerprint density at radius 2 is 1.88 bits per heavy atom. The lowest BCUT2D eigenvalue weighted by atomic mass is 10.1. The number of carbonyl (C=O) groups excluding carboxylic acids is 1. The number of thioether (sulfide) groups is 1. The number of hydrogen-bond donors (Lipinski definition) is 0. The number of carbonyl (C=O) groups is 1. The molecule has 0 unspecified atom stereocenters. The van der Waals surface area contributed by atoms with Gasteiger partial charge in [0.25, 0.3) is 5.91 Å². The van der Waals surface area contributed by atoms with Crippen molar-refractivity contribution in [3.8, 4) is 0 Å². The average Bonchev–Trinajstić information content (AvgIpc) is 2.91. The van der Waals surface area contributed by atoms with Crippen molar-refractivity contribution < 1.29 is 4.79 Å². The summed E-state index contributed by atoms with van der Waals surface area (Å²) in [5.74, 6) is 2.81. The first kappa shape index (κ1) is 16.4. The van der Waals surface area contributed by atoms with Crippen molar-refractivity contribution in [2.24, 2.45) is 0 Å². The molecule has 3 heterocycles. The third-order valence-electron chi connectivity index (χ3n) is 5.16. The quantitative estimate of drug-likeness (QED) is 0.810. The van der Waals surface area contributed by atoms with Crippen LogP contribution in [-0.2, 0) is 0 Å². The Kier molecular flexibility index (Phi) is 5.11. The van der Waals surface area contributed by atoms with Crippen LogP contribution in [0.1, 0.15) is 28.9 Å². The Bertz CT molecular complexity index is 675. The van der Waals surface area contributed by atoms with Crippen LogP contribution in [-0.4, -0.2) is 59.4 Å². The SMILES string of the molecule is O=C(c1cc2ccccc2s1)N1CCCN(C2CCSCC2)CC1. The molecule has 2 aromatic rings. The second-order valence-electron chi connectivity index (χ2n) is 6.67. The van der Waals surface area contributed by atoms with Gasteiger partial charge in [0.05, 0.1) is 4.88 Å². The Morgan fingerprint density at radius 3 is 2.71 bits per heavy atom. The van der Waals surface area contributed by atoms with Crippen LogP contribution < -0.4 is 0 Å². The molecule has 2 saturated heterocycles. The number of hydrogen-bond acceptors (Lipinski definition) is 4. The van der Waals surface area contributed by atoms with Crippen molar-refractivity contribution in [3.05, 3.63) is 35.2 Å². The summed E-state index contributed by atoms with van der Waals surface area (Å²) in [5.41, 5.74) is 0. The fourth-order valence-corrected chi connectivity index (χ4v) is 5.91. The van der Waals surface area contributed by atoms with E-state index in [-0.39, 0.29) is 5.91 Å². The van der Waals surface area contributed by atoms with E-state index < -0.39 is 0 Å². The zero-order valence-electron chi connectivity index (χ0n) is 13.9. The smallest absolute Gasteiger partial charge is 0.264 e. The number of fused-ring (bicyclic) bond motifs is 1. The van der Waals surface area contributed by atoms with E-state index in [4.69, 9.17) is 0 Å². The second-order valence-corrected chi connectivity index (χ2v) is 8.98. The van der Waals surface area contributed by atoms with Crippen molar-refractivity contribution in [2.45, 2.75) is 25.3 Å². The lowest BCUT2D eigenvalue weighted by molar-refractivity contribution is 0.0762. The van der Waals surface area contributed by atoms with Crippen LogP contribution in [0.4, 0.5) is 0 Å². The van der Waals surface area contributed by atoms with Crippen molar-refractivity contribution >= 4 is 39.1 Å². The number of amides is 1. The first-order chi connectivity index (χ1) is 11.8. The van der Waals surface area contributed by atoms with Crippen molar-refractivity contribution in [1.29, 1.82) is 0 Å². The molecule has 24 heavy (non-hydrogen) atoms. The van der Waals surface area contributed by atoms with Gasteiger partial charge in [-0.05, 0) is 48.3 Å². The molecule has 0 bridgehead atoms. The minimum atomic E-state index is 0.220. The molecule has 0 spiro atoms. The first-order valence-corrected chi connectivity index (χ1v) is 10.9. The van der Waals surface area contributed by atoms with Crippen LogP contribution in [0.3, 0.4) is 0 Å². The van der Waals surface area contributed by atoms with Crippen LogP contribution in [0, 0.1) is 0 Å². The van der Waals surface area contributed by atoms with E-state index in [9.17, 15) is 4.79 Å². The Balaban J connectivity index is 1.43. The maximum Gasteiger partial charge on any atom is 0.264 e. The number of rotatable bonds is 2. The van der Waals surface area contributed by atoms with Gasteiger partial charge >= 0.3 is 0 Å². The summed E-state index contributed by atoms with van der Waals surface area (Å²) in [6.45, 7) is 3.94. The monoisotopic (exact) mass is 360 g/mol. The Hall–Kier alpha value is -1.04. The molecule has 1 amide bonds. The lowest BCUT2D eigenvalue weighted by Gasteiger charge is -2.33. The topological polar surface area (TPSA) is 23.6 Å². The minimum absolute atomic E-state index is 0.220. The molecule has 4 rings (SSSR count). The van der Waals surface area contributed by atoms with Gasteiger partial charge in [-0.15, -0.1) is 11.3 Å². The summed E-state index contributed by atoms with van der Waals surface area (Å²) >= 11 is 3.71. The zero-order valence-corrected chi connectivity index (χ0v) is 15.6. The van der Waals surface area contributed by atoms with E-state index in [1.165, 1.54) is 34.4 Å². The summed E-state index contributed by atoms with van der Waals surface area (Å²) in [5, 5.41) is 1.18. The Labute approximate surface area is 152 Å². The number of nitrogens with zero attached hydrogens (tertiary/aromatic N) is 2. The summed E-state index contributed by atoms with van der Waals surface area (Å²) in [6, 6.07) is 11.1. The van der Waals surface area contributed by atoms with Gasteiger partial charge < -0.3 is 4.90 Å². The molecule has 0 atom stereocenters. The van der Waals surface area contributed by atoms with E-state index in [0.29, 0.717) is 0 Å². The van der Waals surface area contributed by atoms with Gasteiger partial charge in [0, 0.05) is 36.9 Å². The van der Waals surface area contributed by atoms with Crippen LogP contribution in [0.25, 0.3) is 10.1 Å². The maximum atomic E-state index is 12.9. The highest BCUT2D eigenvalue weighted by Gasteiger charge is 2.26. The van der Waals surface area contributed by atoms with Gasteiger partial charge in [0.1, 0.15) is 0 Å². The summed E-state index contributed by atoms with van der Waals surface area (Å²) in [6.07, 6.45) is 3.73. The Morgan fingerprint density at radius 1 is 1.04 bits per heavy atom. The van der Waals surface area contributed by atoms with E-state index in [0.717, 1.165) is 43.5 Å². The normalized spacial score (nSPS) is 21.1. The van der Waals surface area contributed by atoms with Crippen LogP contribution in [0.5, 0.6) is 0 Å². The third kappa shape index (κ3) is 3.48.